The van der Waals surface area contributed by atoms with E-state index in [-0.39, 0.29) is 5.75 Å². The Morgan fingerprint density at radius 2 is 1.69 bits per heavy atom. The van der Waals surface area contributed by atoms with Crippen molar-refractivity contribution in [1.82, 2.24) is 9.88 Å². The lowest BCUT2D eigenvalue weighted by molar-refractivity contribution is -0.274. The number of likely N-dealkylation sites (tertiary alicyclic amines) is 1. The maximum Gasteiger partial charge on any atom is 0.573 e. The fourth-order valence-electron chi connectivity index (χ4n) is 5.31. The van der Waals surface area contributed by atoms with Crippen molar-refractivity contribution in [2.75, 3.05) is 31.1 Å². The van der Waals surface area contributed by atoms with Crippen LogP contribution < -0.4 is 9.64 Å². The van der Waals surface area contributed by atoms with Gasteiger partial charge in [0.1, 0.15) is 11.4 Å². The lowest BCUT2D eigenvalue weighted by atomic mass is 9.62. The normalized spacial score (nSPS) is 23.0. The second-order valence-electron chi connectivity index (χ2n) is 9.61. The summed E-state index contributed by atoms with van der Waals surface area (Å²) in [5.74, 6) is -0.300. The second-order valence-corrected chi connectivity index (χ2v) is 9.61. The lowest BCUT2D eigenvalue weighted by Gasteiger charge is -2.57. The Kier molecular flexibility index (Phi) is 5.13. The van der Waals surface area contributed by atoms with Crippen molar-refractivity contribution in [2.45, 2.75) is 50.6 Å². The number of rotatable bonds is 6. The van der Waals surface area contributed by atoms with Crippen molar-refractivity contribution < 1.29 is 23.0 Å². The third kappa shape index (κ3) is 3.83. The molecule has 0 spiro atoms. The first-order valence-electron chi connectivity index (χ1n) is 11.2. The van der Waals surface area contributed by atoms with Gasteiger partial charge in [-0.15, -0.1) is 13.2 Å². The number of benzene rings is 1. The van der Waals surface area contributed by atoms with Crippen LogP contribution in [0.3, 0.4) is 0 Å². The molecule has 1 aromatic heterocycles. The summed E-state index contributed by atoms with van der Waals surface area (Å²) in [5.41, 5.74) is 0.303. The fraction of sp³-hybridized carbons (Fsp3) is 0.542. The molecule has 3 heterocycles. The molecular formula is C24H28F3N3O2. The molecule has 1 atom stereocenters. The van der Waals surface area contributed by atoms with Gasteiger partial charge < -0.3 is 14.7 Å². The third-order valence-corrected chi connectivity index (χ3v) is 7.16. The lowest BCUT2D eigenvalue weighted by Crippen LogP contribution is -2.65. The summed E-state index contributed by atoms with van der Waals surface area (Å²) in [6.07, 6.45) is 3.37. The summed E-state index contributed by atoms with van der Waals surface area (Å²) in [5, 5.41) is 12.3. The Balaban J connectivity index is 1.52. The summed E-state index contributed by atoms with van der Waals surface area (Å²) < 4.78 is 41.9. The minimum atomic E-state index is -4.75. The Morgan fingerprint density at radius 1 is 1.03 bits per heavy atom. The summed E-state index contributed by atoms with van der Waals surface area (Å²) >= 11 is 0. The molecule has 0 bridgehead atoms. The van der Waals surface area contributed by atoms with Crippen LogP contribution in [0.4, 0.5) is 18.9 Å². The molecule has 1 N–H and O–H groups in total. The van der Waals surface area contributed by atoms with Crippen LogP contribution in [-0.2, 0) is 5.60 Å². The number of halogens is 3. The zero-order valence-electron chi connectivity index (χ0n) is 18.1. The molecule has 0 amide bonds. The van der Waals surface area contributed by atoms with Gasteiger partial charge in [0.25, 0.3) is 0 Å². The SMILES string of the molecule is CC1(C(O)(c2ccc(OC(F)(F)F)cc2)c2cncc(N3CCCC3)c2)CN(C2CC2)C1. The van der Waals surface area contributed by atoms with Crippen LogP contribution in [0.25, 0.3) is 0 Å². The largest absolute Gasteiger partial charge is 0.573 e. The highest BCUT2D eigenvalue weighted by Crippen LogP contribution is 2.53. The maximum absolute atomic E-state index is 12.6. The van der Waals surface area contributed by atoms with E-state index < -0.39 is 17.4 Å². The zero-order chi connectivity index (χ0) is 22.6. The standard InChI is InChI=1S/C24H28F3N3O2/c1-22(15-30(16-22)19-6-7-19)23(31,17-4-8-21(9-5-17)32-24(25,26)27)18-12-20(14-28-13-18)29-10-2-3-11-29/h4-5,8-9,12-14,19,31H,2-3,6-7,10-11,15-16H2,1H3. The average molecular weight is 448 g/mol. The molecule has 2 aliphatic heterocycles. The monoisotopic (exact) mass is 447 g/mol. The topological polar surface area (TPSA) is 48.8 Å². The maximum atomic E-state index is 12.6. The van der Waals surface area contributed by atoms with E-state index in [2.05, 4.69) is 26.4 Å². The van der Waals surface area contributed by atoms with E-state index >= 15 is 0 Å². The third-order valence-electron chi connectivity index (χ3n) is 7.16. The number of anilines is 1. The molecule has 32 heavy (non-hydrogen) atoms. The van der Waals surface area contributed by atoms with E-state index in [0.29, 0.717) is 17.2 Å². The number of hydrogen-bond donors (Lipinski definition) is 1. The van der Waals surface area contributed by atoms with Crippen LogP contribution in [0.5, 0.6) is 5.75 Å². The number of ether oxygens (including phenoxy) is 1. The fourth-order valence-corrected chi connectivity index (χ4v) is 5.31. The van der Waals surface area contributed by atoms with Crippen LogP contribution in [0, 0.1) is 5.41 Å². The molecule has 172 valence electrons. The van der Waals surface area contributed by atoms with Crippen LogP contribution in [0.2, 0.25) is 0 Å². The van der Waals surface area contributed by atoms with Gasteiger partial charge in [0.15, 0.2) is 0 Å². The number of alkyl halides is 3. The molecule has 0 radical (unpaired) electrons. The predicted molar refractivity (Wildman–Crippen MR) is 115 cm³/mol. The molecule has 3 aliphatic rings. The molecule has 5 nitrogen and oxygen atoms in total. The Labute approximate surface area is 185 Å². The van der Waals surface area contributed by atoms with Crippen LogP contribution >= 0.6 is 0 Å². The van der Waals surface area contributed by atoms with Crippen LogP contribution in [-0.4, -0.2) is 53.6 Å². The highest BCUT2D eigenvalue weighted by Gasteiger charge is 2.58. The minimum absolute atomic E-state index is 0.300. The van der Waals surface area contributed by atoms with E-state index in [0.717, 1.165) is 44.7 Å². The molecule has 1 saturated carbocycles. The molecule has 8 heteroatoms. The van der Waals surface area contributed by atoms with E-state index in [1.54, 1.807) is 6.20 Å². The minimum Gasteiger partial charge on any atom is -0.406 e. The molecule has 2 aromatic rings. The van der Waals surface area contributed by atoms with Gasteiger partial charge >= 0.3 is 6.36 Å². The molecule has 3 fully saturated rings. The smallest absolute Gasteiger partial charge is 0.406 e. The van der Waals surface area contributed by atoms with Crippen molar-refractivity contribution in [3.63, 3.8) is 0 Å². The van der Waals surface area contributed by atoms with Gasteiger partial charge in [0.2, 0.25) is 0 Å². The van der Waals surface area contributed by atoms with Crippen molar-refractivity contribution in [1.29, 1.82) is 0 Å². The predicted octanol–water partition coefficient (Wildman–Crippen LogP) is 4.30. The first-order valence-corrected chi connectivity index (χ1v) is 11.2. The van der Waals surface area contributed by atoms with Gasteiger partial charge in [-0.25, -0.2) is 0 Å². The van der Waals surface area contributed by atoms with Gasteiger partial charge in [-0.3, -0.25) is 9.88 Å². The molecule has 1 unspecified atom stereocenters. The van der Waals surface area contributed by atoms with Crippen LogP contribution in [0.15, 0.2) is 42.7 Å². The van der Waals surface area contributed by atoms with E-state index in [9.17, 15) is 18.3 Å². The Hall–Kier alpha value is -2.32. The van der Waals surface area contributed by atoms with Crippen molar-refractivity contribution >= 4 is 5.69 Å². The van der Waals surface area contributed by atoms with Gasteiger partial charge in [-0.05, 0) is 49.4 Å². The van der Waals surface area contributed by atoms with E-state index in [1.165, 1.54) is 37.1 Å². The van der Waals surface area contributed by atoms with E-state index in [4.69, 9.17) is 0 Å². The zero-order valence-corrected chi connectivity index (χ0v) is 18.1. The highest BCUT2D eigenvalue weighted by molar-refractivity contribution is 5.51. The number of aromatic nitrogens is 1. The summed E-state index contributed by atoms with van der Waals surface area (Å²) in [6, 6.07) is 8.19. The number of aliphatic hydroxyl groups is 1. The van der Waals surface area contributed by atoms with Crippen molar-refractivity contribution in [3.8, 4) is 5.75 Å². The quantitative estimate of drug-likeness (QED) is 0.716. The summed E-state index contributed by atoms with van der Waals surface area (Å²) in [4.78, 5) is 9.08. The molecule has 5 rings (SSSR count). The van der Waals surface area contributed by atoms with E-state index in [1.807, 2.05) is 12.3 Å². The van der Waals surface area contributed by atoms with Gasteiger partial charge in [0.05, 0.1) is 11.9 Å². The Bertz CT molecular complexity index is 965. The summed E-state index contributed by atoms with van der Waals surface area (Å²) in [6.45, 7) is 5.42. The number of pyridine rings is 1. The Morgan fingerprint density at radius 3 is 2.28 bits per heavy atom. The number of nitrogens with zero attached hydrogens (tertiary/aromatic N) is 3. The first-order chi connectivity index (χ1) is 15.2. The van der Waals surface area contributed by atoms with Gasteiger partial charge in [0, 0.05) is 49.4 Å². The highest BCUT2D eigenvalue weighted by atomic mass is 19.4. The number of hydrogen-bond acceptors (Lipinski definition) is 5. The van der Waals surface area contributed by atoms with Gasteiger partial charge in [-0.2, -0.15) is 0 Å². The van der Waals surface area contributed by atoms with Crippen molar-refractivity contribution in [3.05, 3.63) is 53.9 Å². The molecule has 2 saturated heterocycles. The van der Waals surface area contributed by atoms with Gasteiger partial charge in [-0.1, -0.05) is 19.1 Å². The molecular weight excluding hydrogens is 419 g/mol. The average Bonchev–Trinajstić information content (AvgIpc) is 3.42. The van der Waals surface area contributed by atoms with Crippen molar-refractivity contribution in [2.24, 2.45) is 5.41 Å². The van der Waals surface area contributed by atoms with Crippen LogP contribution in [0.1, 0.15) is 43.7 Å². The molecule has 1 aromatic carbocycles. The summed E-state index contributed by atoms with van der Waals surface area (Å²) in [7, 11) is 0. The first kappa shape index (κ1) is 21.5. The second kappa shape index (κ2) is 7.63. The molecule has 1 aliphatic carbocycles.